The molecule has 16 bridgehead atoms. The third kappa shape index (κ3) is 38.5. The van der Waals surface area contributed by atoms with Crippen molar-refractivity contribution >= 4 is 22.7 Å². The zero-order valence-corrected chi connectivity index (χ0v) is 83.3. The molecule has 0 radical (unpaired) electrons. The first kappa shape index (κ1) is 122. The van der Waals surface area contributed by atoms with Gasteiger partial charge in [0.05, 0.1) is 72.5 Å². The molecule has 0 aliphatic heterocycles. The minimum absolute atomic E-state index is 0. The Morgan fingerprint density at radius 1 is 0.195 bits per heavy atom. The van der Waals surface area contributed by atoms with Gasteiger partial charge in [-0.1, -0.05) is 139 Å². The summed E-state index contributed by atoms with van der Waals surface area (Å²) in [6, 6.07) is 22.2. The maximum absolute atomic E-state index is 13.7. The molecule has 44 heteroatoms. The molecule has 0 N–H and O–H groups in total. The summed E-state index contributed by atoms with van der Waals surface area (Å²) in [6.45, 7) is 19.5. The van der Waals surface area contributed by atoms with Crippen molar-refractivity contribution in [1.82, 2.24) is 0 Å². The van der Waals surface area contributed by atoms with Crippen LogP contribution in [0.4, 0.5) is 128 Å². The maximum Gasteiger partial charge on any atom is 0.389 e. The van der Waals surface area contributed by atoms with Gasteiger partial charge in [-0.25, -0.2) is 0 Å². The SMILES string of the molecule is C.CC(C)(C)c1cc2c(OCCCC(F)(F)F)c(c1)Cc1cc(C(C)(C)C)cc(c1OCCCC(F)(F)F)Cc1cc(C(C)(C)C)cc(c1OCCCC(F)(F)F)Cc1cc(C(C)(C)C)cc(c1OCCCC(F)(F)F)C2.O=[N+]([O-])c1cc2c(OCCCC(F)(F)F)c(c1)Cc1cc([N+](=O)[O-])cc(c1OCCCC(F)(F)F)Cc1cc([N+](=O)[O-])cc(c1OCCCC(F)(F)F)Cc1cc([N+](=O)[O-])cc(c1OCCCC(F)(F)F)C2. The fourth-order valence-corrected chi connectivity index (χ4v) is 16.9. The van der Waals surface area contributed by atoms with Gasteiger partial charge in [0.2, 0.25) is 0 Å². The fraction of sp³-hybridized carbons (Fsp3) is 0.543. The highest BCUT2D eigenvalue weighted by Gasteiger charge is 2.39. The van der Waals surface area contributed by atoms with Crippen LogP contribution in [0.25, 0.3) is 0 Å². The Labute approximate surface area is 845 Å². The Morgan fingerprint density at radius 3 is 0.369 bits per heavy atom. The first-order chi connectivity index (χ1) is 68.1. The van der Waals surface area contributed by atoms with Gasteiger partial charge in [0.15, 0.2) is 0 Å². The molecule has 0 amide bonds. The second kappa shape index (κ2) is 49.5. The van der Waals surface area contributed by atoms with Gasteiger partial charge in [-0.2, -0.15) is 105 Å². The van der Waals surface area contributed by atoms with Crippen LogP contribution < -0.4 is 37.9 Å². The number of nitrogens with zero attached hydrogens (tertiary/aromatic N) is 4. The van der Waals surface area contributed by atoms with Gasteiger partial charge in [0, 0.05) is 196 Å². The van der Waals surface area contributed by atoms with Crippen LogP contribution in [-0.2, 0) is 73.0 Å². The van der Waals surface area contributed by atoms with E-state index in [9.17, 15) is 146 Å². The molecular formula is C105H120F24N4O16. The number of nitro benzene ring substituents is 4. The van der Waals surface area contributed by atoms with Crippen molar-refractivity contribution in [3.63, 3.8) is 0 Å². The summed E-state index contributed by atoms with van der Waals surface area (Å²) in [5.41, 5.74) is -0.171. The summed E-state index contributed by atoms with van der Waals surface area (Å²) in [4.78, 5) is 46.4. The van der Waals surface area contributed by atoms with E-state index in [2.05, 4.69) is 0 Å². The molecule has 0 heterocycles. The molecule has 0 unspecified atom stereocenters. The van der Waals surface area contributed by atoms with Crippen LogP contribution in [0.1, 0.15) is 305 Å². The summed E-state index contributed by atoms with van der Waals surface area (Å²) < 4.78 is 373. The number of non-ortho nitro benzene ring substituents is 4. The fourth-order valence-electron chi connectivity index (χ4n) is 16.9. The number of ether oxygens (including phenoxy) is 8. The predicted octanol–water partition coefficient (Wildman–Crippen LogP) is 32.0. The minimum Gasteiger partial charge on any atom is -0.493 e. The van der Waals surface area contributed by atoms with Crippen molar-refractivity contribution in [2.45, 2.75) is 316 Å². The molecule has 20 nitrogen and oxygen atoms in total. The number of halogens is 24. The van der Waals surface area contributed by atoms with Crippen LogP contribution in [0.3, 0.4) is 0 Å². The number of benzene rings is 8. The van der Waals surface area contributed by atoms with Gasteiger partial charge in [-0.15, -0.1) is 0 Å². The summed E-state index contributed by atoms with van der Waals surface area (Å²) in [6.07, 6.45) is -54.3. The molecule has 0 spiro atoms. The molecule has 8 aromatic carbocycles. The van der Waals surface area contributed by atoms with Crippen molar-refractivity contribution in [1.29, 1.82) is 0 Å². The smallest absolute Gasteiger partial charge is 0.389 e. The standard InChI is InChI=1S/C60H76F12O4.C44H40F12N4O12.CH4/c1-53(2,3)45-29-37-25-39-31-46(54(4,5)6)33-41(50(39)74-22-14-18-58(64,65)66)27-43-35-48(56(10,11)12)36-44(52(43)76-24-16-20-60(70,71)72)28-42-34-47(55(7,8)9)32-40(51(42)75-23-15-19-59(67,68)69)26-38(30-45)49(37)73-21-13-17-57(61,62)63;45-41(46,47)5-1-9-69-37-25-13-27-19-34(58(63)64)21-29(38(27)70-10-2-6-42(48,49)50)15-31-23-36(60(67)68)24-32(40(31)72-12-4-8-44(54,55)56)16-30-22-35(59(65)66)20-28(14-26(37)18-33(17-25)57(61)62)39(30)71-11-3-7-43(51,52)53;/h29-36H,13-28H2,1-12H3;17-24H,1-16H2;1H4. The number of hydrogen-bond acceptors (Lipinski definition) is 16. The van der Waals surface area contributed by atoms with Crippen molar-refractivity contribution in [2.75, 3.05) is 52.9 Å². The number of rotatable bonds is 36. The largest absolute Gasteiger partial charge is 0.493 e. The van der Waals surface area contributed by atoms with E-state index >= 15 is 0 Å². The number of nitro groups is 4. The first-order valence-electron chi connectivity index (χ1n) is 47.6. The lowest BCUT2D eigenvalue weighted by molar-refractivity contribution is -0.385. The summed E-state index contributed by atoms with van der Waals surface area (Å²) in [5, 5.41) is 50.1. The van der Waals surface area contributed by atoms with E-state index in [1.54, 1.807) is 0 Å². The molecule has 8 aromatic rings. The Bertz CT molecular complexity index is 5070. The van der Waals surface area contributed by atoms with E-state index in [1.807, 2.05) is 132 Å². The molecule has 0 saturated heterocycles. The lowest BCUT2D eigenvalue weighted by Gasteiger charge is -2.29. The highest BCUT2D eigenvalue weighted by molar-refractivity contribution is 5.65. The number of alkyl halides is 24. The molecule has 2 aliphatic rings. The number of hydrogen-bond donors (Lipinski definition) is 0. The van der Waals surface area contributed by atoms with Crippen LogP contribution in [0.15, 0.2) is 97.1 Å². The summed E-state index contributed by atoms with van der Waals surface area (Å²) >= 11 is 0. The topological polar surface area (TPSA) is 246 Å². The normalized spacial score (nSPS) is 13.6. The molecule has 0 saturated carbocycles. The van der Waals surface area contributed by atoms with Crippen LogP contribution in [0.2, 0.25) is 0 Å². The van der Waals surface area contributed by atoms with Gasteiger partial charge < -0.3 is 37.9 Å². The highest BCUT2D eigenvalue weighted by Crippen LogP contribution is 2.50. The molecule has 0 aromatic heterocycles. The molecular weight excluding hydrogens is 2030 g/mol. The molecule has 149 heavy (non-hydrogen) atoms. The monoisotopic (exact) mass is 2150 g/mol. The van der Waals surface area contributed by atoms with E-state index in [-0.39, 0.29) is 153 Å². The van der Waals surface area contributed by atoms with Gasteiger partial charge in [-0.05, 0) is 140 Å². The first-order valence-corrected chi connectivity index (χ1v) is 47.6. The van der Waals surface area contributed by atoms with Crippen LogP contribution in [0.5, 0.6) is 46.0 Å². The van der Waals surface area contributed by atoms with Crippen molar-refractivity contribution in [3.8, 4) is 46.0 Å². The van der Waals surface area contributed by atoms with E-state index in [0.29, 0.717) is 44.5 Å². The van der Waals surface area contributed by atoms with E-state index in [0.717, 1.165) is 70.8 Å². The van der Waals surface area contributed by atoms with Gasteiger partial charge in [0.1, 0.15) is 46.0 Å². The Kier molecular flexibility index (Phi) is 40.6. The van der Waals surface area contributed by atoms with Gasteiger partial charge in [0.25, 0.3) is 22.7 Å². The van der Waals surface area contributed by atoms with E-state index < -0.39 is 266 Å². The second-order valence-corrected chi connectivity index (χ2v) is 40.8. The van der Waals surface area contributed by atoms with Gasteiger partial charge in [-0.3, -0.25) is 40.5 Å². The third-order valence-corrected chi connectivity index (χ3v) is 24.0. The van der Waals surface area contributed by atoms with E-state index in [1.165, 1.54) is 0 Å². The number of fused-ring (bicyclic) bond motifs is 16. The Hall–Kier alpha value is -11.9. The van der Waals surface area contributed by atoms with Crippen molar-refractivity contribution in [3.05, 3.63) is 249 Å². The van der Waals surface area contributed by atoms with Crippen LogP contribution in [-0.4, -0.2) is 122 Å². The average molecular weight is 2150 g/mol. The molecule has 2 aliphatic carbocycles. The zero-order chi connectivity index (χ0) is 110. The van der Waals surface area contributed by atoms with Gasteiger partial charge >= 0.3 is 49.4 Å². The second-order valence-electron chi connectivity index (χ2n) is 40.8. The molecule has 0 atom stereocenters. The predicted molar refractivity (Wildman–Crippen MR) is 508 cm³/mol. The average Bonchev–Trinajstić information content (AvgIpc) is 0.754. The molecule has 0 fully saturated rings. The van der Waals surface area contributed by atoms with E-state index in [4.69, 9.17) is 37.9 Å². The van der Waals surface area contributed by atoms with Crippen molar-refractivity contribution < 1.29 is 163 Å². The third-order valence-electron chi connectivity index (χ3n) is 24.0. The summed E-state index contributed by atoms with van der Waals surface area (Å²) in [7, 11) is 0. The molecule has 824 valence electrons. The quantitative estimate of drug-likeness (QED) is 0.0153. The highest BCUT2D eigenvalue weighted by atomic mass is 19.4. The minimum atomic E-state index is -4.71. The Morgan fingerprint density at radius 2 is 0.289 bits per heavy atom. The zero-order valence-electron chi connectivity index (χ0n) is 83.3. The lowest BCUT2D eigenvalue weighted by atomic mass is 9.79. The lowest BCUT2D eigenvalue weighted by Crippen LogP contribution is -2.18. The summed E-state index contributed by atoms with van der Waals surface area (Å²) in [5.74, 6) is -0.645. The molecule has 10 rings (SSSR count). The van der Waals surface area contributed by atoms with Crippen LogP contribution in [0, 0.1) is 40.5 Å². The van der Waals surface area contributed by atoms with Crippen molar-refractivity contribution in [2.24, 2.45) is 0 Å². The maximum atomic E-state index is 13.7. The van der Waals surface area contributed by atoms with Crippen LogP contribution >= 0.6 is 0 Å². The Balaban J connectivity index is 0.000000361.